The van der Waals surface area contributed by atoms with E-state index in [0.717, 1.165) is 17.1 Å². The maximum atomic E-state index is 2.40. The maximum Gasteiger partial charge on any atom is 0.0775 e. The van der Waals surface area contributed by atoms with Gasteiger partial charge >= 0.3 is 0 Å². The minimum absolute atomic E-state index is 0.0207. The standard InChI is InChI=1S/C48H43NSi/c1-48(2)46-14-10-9-13-44(46)45-32-23-39(33-47(45)48)38-19-28-42(29-20-38)49(40-24-15-35(16-25-40)34-11-7-6-8-12-34)41-26-17-36(18-27-41)37-21-30-43(31-22-37)50(3,4)5/h6-33H,1-5H3. The lowest BCUT2D eigenvalue weighted by Crippen LogP contribution is -2.37. The Morgan fingerprint density at radius 2 is 0.780 bits per heavy atom. The molecule has 8 rings (SSSR count). The summed E-state index contributed by atoms with van der Waals surface area (Å²) < 4.78 is 0. The van der Waals surface area contributed by atoms with Crippen molar-refractivity contribution in [1.29, 1.82) is 0 Å². The number of benzene rings is 7. The van der Waals surface area contributed by atoms with Crippen molar-refractivity contribution in [2.75, 3.05) is 4.90 Å². The van der Waals surface area contributed by atoms with Gasteiger partial charge in [-0.15, -0.1) is 0 Å². The molecule has 0 N–H and O–H groups in total. The second-order valence-electron chi connectivity index (χ2n) is 15.1. The molecule has 1 nitrogen and oxygen atoms in total. The average molecular weight is 662 g/mol. The van der Waals surface area contributed by atoms with Crippen LogP contribution in [-0.2, 0) is 5.41 Å². The zero-order chi connectivity index (χ0) is 34.5. The van der Waals surface area contributed by atoms with E-state index in [0.29, 0.717) is 0 Å². The van der Waals surface area contributed by atoms with Gasteiger partial charge in [0.25, 0.3) is 0 Å². The van der Waals surface area contributed by atoms with Crippen LogP contribution in [0.3, 0.4) is 0 Å². The van der Waals surface area contributed by atoms with Crippen LogP contribution in [0.1, 0.15) is 25.0 Å². The van der Waals surface area contributed by atoms with E-state index in [1.54, 1.807) is 0 Å². The molecule has 0 atom stereocenters. The number of nitrogens with zero attached hydrogens (tertiary/aromatic N) is 1. The molecule has 244 valence electrons. The van der Waals surface area contributed by atoms with E-state index in [-0.39, 0.29) is 5.41 Å². The number of hydrogen-bond donors (Lipinski definition) is 0. The molecule has 0 bridgehead atoms. The van der Waals surface area contributed by atoms with Crippen molar-refractivity contribution in [2.45, 2.75) is 38.9 Å². The quantitative estimate of drug-likeness (QED) is 0.154. The summed E-state index contributed by atoms with van der Waals surface area (Å²) in [7, 11) is -1.34. The Morgan fingerprint density at radius 3 is 1.30 bits per heavy atom. The number of fused-ring (bicyclic) bond motifs is 3. The molecule has 0 radical (unpaired) electrons. The molecule has 0 saturated carbocycles. The molecule has 0 heterocycles. The SMILES string of the molecule is CC1(C)c2ccccc2-c2ccc(-c3ccc(N(c4ccc(-c5ccccc5)cc4)c4ccc(-c5ccc([Si](C)(C)C)cc5)cc4)cc3)cc21. The molecule has 7 aromatic rings. The Balaban J connectivity index is 1.14. The van der Waals surface area contributed by atoms with E-state index in [1.807, 2.05) is 0 Å². The van der Waals surface area contributed by atoms with Crippen LogP contribution in [0.15, 0.2) is 170 Å². The summed E-state index contributed by atoms with van der Waals surface area (Å²) in [5.41, 5.74) is 16.3. The third-order valence-electron chi connectivity index (χ3n) is 10.5. The van der Waals surface area contributed by atoms with Crippen molar-refractivity contribution >= 4 is 30.3 Å². The van der Waals surface area contributed by atoms with Gasteiger partial charge in [0.1, 0.15) is 0 Å². The van der Waals surface area contributed by atoms with Crippen molar-refractivity contribution in [3.63, 3.8) is 0 Å². The average Bonchev–Trinajstić information content (AvgIpc) is 3.38. The van der Waals surface area contributed by atoms with Crippen molar-refractivity contribution in [2.24, 2.45) is 0 Å². The molecule has 1 aliphatic rings. The Labute approximate surface area is 298 Å². The predicted molar refractivity (Wildman–Crippen MR) is 218 cm³/mol. The van der Waals surface area contributed by atoms with Crippen molar-refractivity contribution in [1.82, 2.24) is 0 Å². The highest BCUT2D eigenvalue weighted by molar-refractivity contribution is 6.88. The molecular weight excluding hydrogens is 619 g/mol. The second-order valence-corrected chi connectivity index (χ2v) is 20.2. The van der Waals surface area contributed by atoms with Crippen LogP contribution in [0.25, 0.3) is 44.5 Å². The summed E-state index contributed by atoms with van der Waals surface area (Å²) in [5, 5.41) is 1.49. The van der Waals surface area contributed by atoms with E-state index < -0.39 is 8.07 Å². The predicted octanol–water partition coefficient (Wildman–Crippen LogP) is 13.0. The molecule has 0 aliphatic heterocycles. The highest BCUT2D eigenvalue weighted by Crippen LogP contribution is 2.49. The molecule has 0 fully saturated rings. The highest BCUT2D eigenvalue weighted by Gasteiger charge is 2.35. The largest absolute Gasteiger partial charge is 0.311 e. The number of anilines is 3. The van der Waals surface area contributed by atoms with Gasteiger partial charge in [0, 0.05) is 22.5 Å². The number of hydrogen-bond acceptors (Lipinski definition) is 1. The third kappa shape index (κ3) is 5.80. The lowest BCUT2D eigenvalue weighted by molar-refractivity contribution is 0.660. The molecule has 0 amide bonds. The molecule has 1 aliphatic carbocycles. The summed E-state index contributed by atoms with van der Waals surface area (Å²) in [5.74, 6) is 0. The summed E-state index contributed by atoms with van der Waals surface area (Å²) in [6.45, 7) is 11.9. The lowest BCUT2D eigenvalue weighted by atomic mass is 9.81. The van der Waals surface area contributed by atoms with Crippen LogP contribution >= 0.6 is 0 Å². The van der Waals surface area contributed by atoms with Crippen molar-refractivity contribution in [3.8, 4) is 44.5 Å². The van der Waals surface area contributed by atoms with E-state index in [2.05, 4.69) is 208 Å². The van der Waals surface area contributed by atoms with Gasteiger partial charge in [0.15, 0.2) is 0 Å². The van der Waals surface area contributed by atoms with Gasteiger partial charge in [0.2, 0.25) is 0 Å². The van der Waals surface area contributed by atoms with Crippen LogP contribution in [0.2, 0.25) is 19.6 Å². The van der Waals surface area contributed by atoms with Crippen LogP contribution < -0.4 is 10.1 Å². The third-order valence-corrected chi connectivity index (χ3v) is 12.6. The Morgan fingerprint density at radius 1 is 0.380 bits per heavy atom. The normalized spacial score (nSPS) is 13.1. The van der Waals surface area contributed by atoms with Crippen LogP contribution in [-0.4, -0.2) is 8.07 Å². The minimum Gasteiger partial charge on any atom is -0.311 e. The molecule has 2 heteroatoms. The molecule has 0 saturated heterocycles. The smallest absolute Gasteiger partial charge is 0.0775 e. The maximum absolute atomic E-state index is 2.40. The second kappa shape index (κ2) is 12.5. The minimum atomic E-state index is -1.34. The van der Waals surface area contributed by atoms with E-state index in [9.17, 15) is 0 Å². The van der Waals surface area contributed by atoms with Gasteiger partial charge < -0.3 is 4.90 Å². The first-order valence-corrected chi connectivity index (χ1v) is 21.2. The lowest BCUT2D eigenvalue weighted by Gasteiger charge is -2.26. The summed E-state index contributed by atoms with van der Waals surface area (Å²) in [6, 6.07) is 62.6. The van der Waals surface area contributed by atoms with Gasteiger partial charge in [-0.05, 0) is 98.1 Å². The molecule has 0 unspecified atom stereocenters. The summed E-state index contributed by atoms with van der Waals surface area (Å²) in [4.78, 5) is 2.36. The van der Waals surface area contributed by atoms with E-state index >= 15 is 0 Å². The molecule has 0 spiro atoms. The van der Waals surface area contributed by atoms with Gasteiger partial charge in [-0.1, -0.05) is 166 Å². The van der Waals surface area contributed by atoms with Crippen molar-refractivity contribution in [3.05, 3.63) is 181 Å². The fourth-order valence-corrected chi connectivity index (χ4v) is 8.70. The summed E-state index contributed by atoms with van der Waals surface area (Å²) >= 11 is 0. The number of rotatable bonds is 7. The molecule has 0 aromatic heterocycles. The fraction of sp³-hybridized carbons (Fsp3) is 0.125. The molecule has 7 aromatic carbocycles. The van der Waals surface area contributed by atoms with Gasteiger partial charge in [0.05, 0.1) is 8.07 Å². The Hall–Kier alpha value is -5.44. The topological polar surface area (TPSA) is 3.24 Å². The first-order valence-electron chi connectivity index (χ1n) is 17.7. The molecule has 50 heavy (non-hydrogen) atoms. The van der Waals surface area contributed by atoms with Gasteiger partial charge in [-0.3, -0.25) is 0 Å². The zero-order valence-corrected chi connectivity index (χ0v) is 30.6. The zero-order valence-electron chi connectivity index (χ0n) is 29.6. The van der Waals surface area contributed by atoms with Crippen LogP contribution in [0, 0.1) is 0 Å². The molecular formula is C48H43NSi. The van der Waals surface area contributed by atoms with Gasteiger partial charge in [-0.2, -0.15) is 0 Å². The Kier molecular flexibility index (Phi) is 7.93. The summed E-state index contributed by atoms with van der Waals surface area (Å²) in [6.07, 6.45) is 0. The van der Waals surface area contributed by atoms with Gasteiger partial charge in [-0.25, -0.2) is 0 Å². The Bertz CT molecular complexity index is 2280. The van der Waals surface area contributed by atoms with E-state index in [4.69, 9.17) is 0 Å². The highest BCUT2D eigenvalue weighted by atomic mass is 28.3. The first-order chi connectivity index (χ1) is 24.2. The fourth-order valence-electron chi connectivity index (χ4n) is 7.53. The van der Waals surface area contributed by atoms with E-state index in [1.165, 1.54) is 60.8 Å². The van der Waals surface area contributed by atoms with Crippen LogP contribution in [0.4, 0.5) is 17.1 Å². The van der Waals surface area contributed by atoms with Crippen LogP contribution in [0.5, 0.6) is 0 Å². The monoisotopic (exact) mass is 661 g/mol. The van der Waals surface area contributed by atoms with Crippen molar-refractivity contribution < 1.29 is 0 Å². The first kappa shape index (κ1) is 31.8.